The van der Waals surface area contributed by atoms with Crippen LogP contribution in [0.5, 0.6) is 0 Å². The lowest BCUT2D eigenvalue weighted by Crippen LogP contribution is -2.32. The number of hydrogen-bond acceptors (Lipinski definition) is 10. The largest absolute Gasteiger partial charge is 0.459 e. The normalized spacial score (nSPS) is 19.8. The predicted octanol–water partition coefficient (Wildman–Crippen LogP) is 2.65. The summed E-state index contributed by atoms with van der Waals surface area (Å²) < 4.78 is 21.4. The summed E-state index contributed by atoms with van der Waals surface area (Å²) >= 11 is 0. The molecule has 2 aromatic carbocycles. The Morgan fingerprint density at radius 1 is 0.938 bits per heavy atom. The highest BCUT2D eigenvalue weighted by Gasteiger charge is 2.39. The van der Waals surface area contributed by atoms with Gasteiger partial charge in [0, 0.05) is 37.8 Å². The number of non-ortho nitro benzene ring substituents is 2. The third-order valence-corrected chi connectivity index (χ3v) is 4.69. The van der Waals surface area contributed by atoms with Crippen molar-refractivity contribution in [2.75, 3.05) is 13.7 Å². The standard InChI is InChI=1S/C20H18N2O10/c1-29-18-10-16(32-20(24)13-4-8-15(9-5-13)22(27)28)17(31-18)11-30-19(23)12-2-6-14(7-3-12)21(25)26/h2-9,16-18H,10-11H2,1H3/t16-,17-,18+/m0/s1. The molecule has 3 atom stereocenters. The molecule has 0 saturated carbocycles. The highest BCUT2D eigenvalue weighted by Crippen LogP contribution is 2.26. The van der Waals surface area contributed by atoms with Gasteiger partial charge in [-0.1, -0.05) is 0 Å². The zero-order chi connectivity index (χ0) is 23.3. The minimum Gasteiger partial charge on any atom is -0.459 e. The van der Waals surface area contributed by atoms with Crippen LogP contribution >= 0.6 is 0 Å². The summed E-state index contributed by atoms with van der Waals surface area (Å²) in [6.45, 7) is -0.256. The van der Waals surface area contributed by atoms with E-state index in [0.29, 0.717) is 0 Å². The van der Waals surface area contributed by atoms with Crippen molar-refractivity contribution in [3.05, 3.63) is 79.9 Å². The van der Waals surface area contributed by atoms with E-state index in [0.717, 1.165) is 0 Å². The first-order valence-corrected chi connectivity index (χ1v) is 9.33. The van der Waals surface area contributed by atoms with E-state index in [2.05, 4.69) is 0 Å². The second-order valence-corrected chi connectivity index (χ2v) is 6.73. The fourth-order valence-corrected chi connectivity index (χ4v) is 2.99. The summed E-state index contributed by atoms with van der Waals surface area (Å²) in [5.74, 6) is -1.46. The molecular weight excluding hydrogens is 428 g/mol. The quantitative estimate of drug-likeness (QED) is 0.335. The average Bonchev–Trinajstić information content (AvgIpc) is 3.19. The molecule has 12 heteroatoms. The maximum atomic E-state index is 12.4. The zero-order valence-corrected chi connectivity index (χ0v) is 16.7. The van der Waals surface area contributed by atoms with E-state index in [1.54, 1.807) is 0 Å². The first-order valence-electron chi connectivity index (χ1n) is 9.33. The van der Waals surface area contributed by atoms with Crippen LogP contribution < -0.4 is 0 Å². The number of nitro benzene ring substituents is 2. The van der Waals surface area contributed by atoms with Crippen molar-refractivity contribution in [2.24, 2.45) is 0 Å². The van der Waals surface area contributed by atoms with Crippen LogP contribution in [-0.2, 0) is 18.9 Å². The Morgan fingerprint density at radius 2 is 1.44 bits per heavy atom. The third-order valence-electron chi connectivity index (χ3n) is 4.69. The Balaban J connectivity index is 1.61. The maximum absolute atomic E-state index is 12.4. The molecule has 0 aromatic heterocycles. The van der Waals surface area contributed by atoms with Gasteiger partial charge in [-0.2, -0.15) is 0 Å². The monoisotopic (exact) mass is 446 g/mol. The average molecular weight is 446 g/mol. The first-order chi connectivity index (χ1) is 15.3. The van der Waals surface area contributed by atoms with E-state index in [9.17, 15) is 29.8 Å². The van der Waals surface area contributed by atoms with Gasteiger partial charge in [-0.25, -0.2) is 9.59 Å². The van der Waals surface area contributed by atoms with Gasteiger partial charge in [-0.3, -0.25) is 20.2 Å². The van der Waals surface area contributed by atoms with Gasteiger partial charge in [0.2, 0.25) is 0 Å². The number of methoxy groups -OCH3 is 1. The Kier molecular flexibility index (Phi) is 7.07. The van der Waals surface area contributed by atoms with Gasteiger partial charge in [-0.15, -0.1) is 0 Å². The number of carbonyl (C=O) groups excluding carboxylic acids is 2. The summed E-state index contributed by atoms with van der Waals surface area (Å²) in [7, 11) is 1.41. The molecule has 1 saturated heterocycles. The summed E-state index contributed by atoms with van der Waals surface area (Å²) in [5.41, 5.74) is -0.113. The predicted molar refractivity (Wildman–Crippen MR) is 106 cm³/mol. The summed E-state index contributed by atoms with van der Waals surface area (Å²) in [6.07, 6.45) is -2.11. The van der Waals surface area contributed by atoms with Gasteiger partial charge in [0.1, 0.15) is 18.8 Å². The molecule has 1 aliphatic rings. The Hall–Kier alpha value is -3.90. The molecule has 1 aliphatic heterocycles. The number of ether oxygens (including phenoxy) is 4. The van der Waals surface area contributed by atoms with Crippen molar-refractivity contribution in [3.63, 3.8) is 0 Å². The lowest BCUT2D eigenvalue weighted by Gasteiger charge is -2.18. The van der Waals surface area contributed by atoms with E-state index in [1.165, 1.54) is 55.6 Å². The van der Waals surface area contributed by atoms with Crippen molar-refractivity contribution >= 4 is 23.3 Å². The molecule has 0 spiro atoms. The van der Waals surface area contributed by atoms with E-state index in [-0.39, 0.29) is 35.5 Å². The number of carbonyl (C=O) groups is 2. The number of esters is 2. The molecular formula is C20H18N2O10. The number of rotatable bonds is 8. The highest BCUT2D eigenvalue weighted by molar-refractivity contribution is 5.90. The van der Waals surface area contributed by atoms with Crippen molar-refractivity contribution in [2.45, 2.75) is 24.9 Å². The number of benzene rings is 2. The van der Waals surface area contributed by atoms with Crippen LogP contribution in [0.15, 0.2) is 48.5 Å². The maximum Gasteiger partial charge on any atom is 0.338 e. The molecule has 1 fully saturated rings. The number of hydrogen-bond donors (Lipinski definition) is 0. The van der Waals surface area contributed by atoms with Crippen molar-refractivity contribution < 1.29 is 38.4 Å². The van der Waals surface area contributed by atoms with Crippen LogP contribution in [0.3, 0.4) is 0 Å². The minimum atomic E-state index is -0.816. The zero-order valence-electron chi connectivity index (χ0n) is 16.7. The molecule has 168 valence electrons. The number of nitrogens with zero attached hydrogens (tertiary/aromatic N) is 2. The van der Waals surface area contributed by atoms with Crippen molar-refractivity contribution in [3.8, 4) is 0 Å². The van der Waals surface area contributed by atoms with Gasteiger partial charge < -0.3 is 18.9 Å². The van der Waals surface area contributed by atoms with Crippen LogP contribution in [0.1, 0.15) is 27.1 Å². The van der Waals surface area contributed by atoms with Gasteiger partial charge >= 0.3 is 11.9 Å². The lowest BCUT2D eigenvalue weighted by molar-refractivity contribution is -0.385. The van der Waals surface area contributed by atoms with Crippen LogP contribution in [0, 0.1) is 20.2 Å². The van der Waals surface area contributed by atoms with Crippen LogP contribution in [0.25, 0.3) is 0 Å². The van der Waals surface area contributed by atoms with Crippen molar-refractivity contribution in [1.29, 1.82) is 0 Å². The van der Waals surface area contributed by atoms with Crippen LogP contribution in [0.2, 0.25) is 0 Å². The summed E-state index contributed by atoms with van der Waals surface area (Å²) in [4.78, 5) is 44.9. The second kappa shape index (κ2) is 9.94. The second-order valence-electron chi connectivity index (χ2n) is 6.73. The lowest BCUT2D eigenvalue weighted by atomic mass is 10.1. The van der Waals surface area contributed by atoms with E-state index < -0.39 is 40.3 Å². The molecule has 1 heterocycles. The van der Waals surface area contributed by atoms with Crippen LogP contribution in [0.4, 0.5) is 11.4 Å². The van der Waals surface area contributed by atoms with Crippen LogP contribution in [-0.4, -0.2) is 54.0 Å². The van der Waals surface area contributed by atoms with E-state index >= 15 is 0 Å². The molecule has 0 bridgehead atoms. The number of nitro groups is 2. The molecule has 32 heavy (non-hydrogen) atoms. The first kappa shape index (κ1) is 22.8. The molecule has 3 rings (SSSR count). The Bertz CT molecular complexity index is 1010. The van der Waals surface area contributed by atoms with Gasteiger partial charge in [0.05, 0.1) is 21.0 Å². The topological polar surface area (TPSA) is 157 Å². The van der Waals surface area contributed by atoms with Gasteiger partial charge in [0.15, 0.2) is 6.29 Å². The summed E-state index contributed by atoms with van der Waals surface area (Å²) in [6, 6.07) is 9.80. The third kappa shape index (κ3) is 5.42. The van der Waals surface area contributed by atoms with E-state index in [1.807, 2.05) is 0 Å². The van der Waals surface area contributed by atoms with Gasteiger partial charge in [0.25, 0.3) is 11.4 Å². The molecule has 0 unspecified atom stereocenters. The van der Waals surface area contributed by atoms with E-state index in [4.69, 9.17) is 18.9 Å². The Labute approximate surface area is 180 Å². The molecule has 0 N–H and O–H groups in total. The highest BCUT2D eigenvalue weighted by atomic mass is 16.7. The minimum absolute atomic E-state index is 0.108. The van der Waals surface area contributed by atoms with Gasteiger partial charge in [-0.05, 0) is 24.3 Å². The molecule has 0 radical (unpaired) electrons. The Morgan fingerprint density at radius 3 is 1.91 bits per heavy atom. The molecule has 2 aromatic rings. The molecule has 0 aliphatic carbocycles. The fraction of sp³-hybridized carbons (Fsp3) is 0.300. The van der Waals surface area contributed by atoms with Crippen molar-refractivity contribution in [1.82, 2.24) is 0 Å². The SMILES string of the molecule is CO[C@H]1C[C@H](OC(=O)c2ccc([N+](=O)[O-])cc2)[C@H](COC(=O)c2ccc([N+](=O)[O-])cc2)O1. The molecule has 0 amide bonds. The molecule has 12 nitrogen and oxygen atoms in total. The smallest absolute Gasteiger partial charge is 0.338 e. The summed E-state index contributed by atoms with van der Waals surface area (Å²) in [5, 5.41) is 21.4. The fourth-order valence-electron chi connectivity index (χ4n) is 2.99.